The molecule has 2 heterocycles. The number of hydrogen-bond donors (Lipinski definition) is 2. The number of para-hydroxylation sites is 2. The Morgan fingerprint density at radius 3 is 2.33 bits per heavy atom. The summed E-state index contributed by atoms with van der Waals surface area (Å²) in [6, 6.07) is 16.8. The number of nitrogens with zero attached hydrogens (tertiary/aromatic N) is 2. The maximum atomic E-state index is 12.9. The van der Waals surface area contributed by atoms with Crippen LogP contribution < -0.4 is 20.4 Å². The molecule has 0 aromatic heterocycles. The van der Waals surface area contributed by atoms with Crippen molar-refractivity contribution in [1.82, 2.24) is 10.6 Å². The second kappa shape index (κ2) is 7.80. The van der Waals surface area contributed by atoms with Gasteiger partial charge >= 0.3 is 6.03 Å². The van der Waals surface area contributed by atoms with Gasteiger partial charge in [-0.2, -0.15) is 0 Å². The molecule has 0 saturated carbocycles. The van der Waals surface area contributed by atoms with E-state index in [4.69, 9.17) is 0 Å². The van der Waals surface area contributed by atoms with Gasteiger partial charge in [-0.25, -0.2) is 4.79 Å². The van der Waals surface area contributed by atoms with E-state index in [2.05, 4.69) is 10.6 Å². The van der Waals surface area contributed by atoms with Gasteiger partial charge in [0.25, 0.3) is 5.91 Å². The van der Waals surface area contributed by atoms with Crippen LogP contribution in [0.2, 0.25) is 0 Å². The molecule has 2 aromatic rings. The van der Waals surface area contributed by atoms with Crippen LogP contribution in [0.15, 0.2) is 54.6 Å². The van der Waals surface area contributed by atoms with Crippen LogP contribution in [0.1, 0.15) is 16.8 Å². The van der Waals surface area contributed by atoms with Gasteiger partial charge in [0.1, 0.15) is 0 Å². The van der Waals surface area contributed by atoms with Crippen LogP contribution in [-0.4, -0.2) is 44.7 Å². The van der Waals surface area contributed by atoms with E-state index in [9.17, 15) is 9.59 Å². The predicted molar refractivity (Wildman–Crippen MR) is 106 cm³/mol. The third-order valence-corrected chi connectivity index (χ3v) is 5.23. The molecule has 6 nitrogen and oxygen atoms in total. The highest BCUT2D eigenvalue weighted by Gasteiger charge is 2.30. The van der Waals surface area contributed by atoms with Crippen molar-refractivity contribution in [2.75, 3.05) is 42.5 Å². The smallest absolute Gasteiger partial charge is 0.322 e. The number of hydrogen-bond acceptors (Lipinski definition) is 3. The topological polar surface area (TPSA) is 64.7 Å². The van der Waals surface area contributed by atoms with Crippen LogP contribution in [0.25, 0.3) is 0 Å². The van der Waals surface area contributed by atoms with Crippen LogP contribution in [-0.2, 0) is 0 Å². The number of rotatable bonds is 3. The molecule has 140 valence electrons. The lowest BCUT2D eigenvalue weighted by molar-refractivity contribution is 0.0986. The summed E-state index contributed by atoms with van der Waals surface area (Å²) in [4.78, 5) is 29.2. The van der Waals surface area contributed by atoms with Crippen LogP contribution in [0.4, 0.5) is 16.2 Å². The van der Waals surface area contributed by atoms with Crippen molar-refractivity contribution in [2.24, 2.45) is 5.92 Å². The summed E-state index contributed by atoms with van der Waals surface area (Å²) in [5, 5.41) is 6.37. The zero-order valence-corrected chi connectivity index (χ0v) is 15.2. The molecule has 1 saturated heterocycles. The first-order valence-corrected chi connectivity index (χ1v) is 9.46. The Labute approximate surface area is 159 Å². The van der Waals surface area contributed by atoms with Crippen molar-refractivity contribution in [3.8, 4) is 0 Å². The fraction of sp³-hybridized carbons (Fsp3) is 0.333. The van der Waals surface area contributed by atoms with E-state index in [0.717, 1.165) is 30.9 Å². The molecule has 1 atom stereocenters. The normalized spacial score (nSPS) is 18.9. The van der Waals surface area contributed by atoms with Gasteiger partial charge in [0.15, 0.2) is 0 Å². The molecule has 0 aliphatic carbocycles. The minimum Gasteiger partial charge on any atom is -0.337 e. The average Bonchev–Trinajstić information content (AvgIpc) is 3.25. The van der Waals surface area contributed by atoms with Crippen molar-refractivity contribution >= 4 is 23.3 Å². The van der Waals surface area contributed by atoms with Gasteiger partial charge in [-0.15, -0.1) is 0 Å². The molecule has 3 amide bonds. The van der Waals surface area contributed by atoms with E-state index in [-0.39, 0.29) is 11.9 Å². The van der Waals surface area contributed by atoms with Crippen LogP contribution in [0.3, 0.4) is 0 Å². The Bertz CT molecular complexity index is 818. The largest absolute Gasteiger partial charge is 0.337 e. The lowest BCUT2D eigenvalue weighted by Gasteiger charge is -2.36. The van der Waals surface area contributed by atoms with Crippen LogP contribution >= 0.6 is 0 Å². The lowest BCUT2D eigenvalue weighted by Crippen LogP contribution is -2.50. The standard InChI is InChI=1S/C21H24N4O2/c26-20(17-6-2-1-3-7-17)24-12-13-25(19-9-5-4-8-18(19)24)21(27)23-15-16-10-11-22-14-16/h1-9,16,22H,10-15H2,(H,23,27)/t16-/m0/s1. The van der Waals surface area contributed by atoms with Crippen LogP contribution in [0, 0.1) is 5.92 Å². The number of benzene rings is 2. The van der Waals surface area contributed by atoms with E-state index in [1.807, 2.05) is 54.6 Å². The maximum absolute atomic E-state index is 12.9. The summed E-state index contributed by atoms with van der Waals surface area (Å²) in [7, 11) is 0. The van der Waals surface area contributed by atoms with Gasteiger partial charge in [-0.3, -0.25) is 9.69 Å². The van der Waals surface area contributed by atoms with E-state index >= 15 is 0 Å². The molecule has 6 heteroatoms. The number of anilines is 2. The Morgan fingerprint density at radius 1 is 0.963 bits per heavy atom. The van der Waals surface area contributed by atoms with Gasteiger partial charge in [-0.1, -0.05) is 30.3 Å². The second-order valence-electron chi connectivity index (χ2n) is 7.01. The number of urea groups is 1. The number of carbonyl (C=O) groups excluding carboxylic acids is 2. The van der Waals surface area contributed by atoms with E-state index in [1.54, 1.807) is 9.80 Å². The minimum atomic E-state index is -0.0961. The summed E-state index contributed by atoms with van der Waals surface area (Å²) in [5.74, 6) is 0.449. The molecule has 2 aromatic carbocycles. The number of carbonyl (C=O) groups is 2. The molecule has 0 bridgehead atoms. The first-order chi connectivity index (χ1) is 13.2. The lowest BCUT2D eigenvalue weighted by atomic mass is 10.1. The quantitative estimate of drug-likeness (QED) is 0.879. The van der Waals surface area contributed by atoms with Crippen molar-refractivity contribution < 1.29 is 9.59 Å². The van der Waals surface area contributed by atoms with E-state index in [0.29, 0.717) is 31.1 Å². The predicted octanol–water partition coefficient (Wildman–Crippen LogP) is 2.47. The monoisotopic (exact) mass is 364 g/mol. The summed E-state index contributed by atoms with van der Waals surface area (Å²) in [6.45, 7) is 3.60. The summed E-state index contributed by atoms with van der Waals surface area (Å²) in [6.07, 6.45) is 1.09. The number of amides is 3. The zero-order chi connectivity index (χ0) is 18.6. The molecular weight excluding hydrogens is 340 g/mol. The molecule has 0 radical (unpaired) electrons. The molecule has 4 rings (SSSR count). The minimum absolute atomic E-state index is 0.0415. The Morgan fingerprint density at radius 2 is 1.63 bits per heavy atom. The van der Waals surface area contributed by atoms with Crippen LogP contribution in [0.5, 0.6) is 0 Å². The zero-order valence-electron chi connectivity index (χ0n) is 15.2. The van der Waals surface area contributed by atoms with E-state index in [1.165, 1.54) is 0 Å². The summed E-state index contributed by atoms with van der Waals surface area (Å²) >= 11 is 0. The Balaban J connectivity index is 1.52. The first-order valence-electron chi connectivity index (χ1n) is 9.46. The average molecular weight is 364 g/mol. The molecule has 27 heavy (non-hydrogen) atoms. The van der Waals surface area contributed by atoms with Gasteiger partial charge in [0.2, 0.25) is 0 Å². The number of fused-ring (bicyclic) bond motifs is 1. The SMILES string of the molecule is O=C(NC[C@H]1CCNC1)N1CCN(C(=O)c2ccccc2)c2ccccc21. The Kier molecular flexibility index (Phi) is 5.07. The molecule has 1 fully saturated rings. The third-order valence-electron chi connectivity index (χ3n) is 5.23. The van der Waals surface area contributed by atoms with Crippen molar-refractivity contribution in [2.45, 2.75) is 6.42 Å². The fourth-order valence-corrected chi connectivity index (χ4v) is 3.74. The fourth-order valence-electron chi connectivity index (χ4n) is 3.74. The first kappa shape index (κ1) is 17.5. The maximum Gasteiger partial charge on any atom is 0.322 e. The molecule has 2 aliphatic rings. The third kappa shape index (κ3) is 3.66. The van der Waals surface area contributed by atoms with Gasteiger partial charge in [-0.05, 0) is 49.7 Å². The highest BCUT2D eigenvalue weighted by molar-refractivity contribution is 6.10. The van der Waals surface area contributed by atoms with Crippen molar-refractivity contribution in [3.63, 3.8) is 0 Å². The summed E-state index contributed by atoms with van der Waals surface area (Å²) < 4.78 is 0. The van der Waals surface area contributed by atoms with Gasteiger partial charge in [0, 0.05) is 25.2 Å². The van der Waals surface area contributed by atoms with Crippen molar-refractivity contribution in [3.05, 3.63) is 60.2 Å². The van der Waals surface area contributed by atoms with Gasteiger partial charge in [0.05, 0.1) is 11.4 Å². The highest BCUT2D eigenvalue weighted by Crippen LogP contribution is 2.33. The van der Waals surface area contributed by atoms with E-state index < -0.39 is 0 Å². The van der Waals surface area contributed by atoms with Gasteiger partial charge < -0.3 is 15.5 Å². The molecule has 0 unspecified atom stereocenters. The molecular formula is C21H24N4O2. The molecule has 2 N–H and O–H groups in total. The second-order valence-corrected chi connectivity index (χ2v) is 7.01. The van der Waals surface area contributed by atoms with Crippen molar-refractivity contribution in [1.29, 1.82) is 0 Å². The molecule has 2 aliphatic heterocycles. The Hall–Kier alpha value is -2.86. The highest BCUT2D eigenvalue weighted by atomic mass is 16.2. The molecule has 0 spiro atoms. The number of nitrogens with one attached hydrogen (secondary N) is 2. The summed E-state index contributed by atoms with van der Waals surface area (Å²) in [5.41, 5.74) is 2.20.